The van der Waals surface area contributed by atoms with E-state index in [2.05, 4.69) is 0 Å². The lowest BCUT2D eigenvalue weighted by molar-refractivity contribution is -0.214. The molecule has 0 bridgehead atoms. The zero-order valence-electron chi connectivity index (χ0n) is 16.3. The number of carbonyl (C=O) groups excluding carboxylic acids is 1. The van der Waals surface area contributed by atoms with Crippen LogP contribution in [0.15, 0.2) is 18.2 Å². The van der Waals surface area contributed by atoms with Crippen LogP contribution >= 0.6 is 11.6 Å². The number of benzene rings is 1. The fraction of sp³-hybridized carbons (Fsp3) is 0.545. The number of nitrogens with zero attached hydrogens (tertiary/aromatic N) is 1. The van der Waals surface area contributed by atoms with E-state index in [-0.39, 0.29) is 29.4 Å². The second kappa shape index (κ2) is 7.12. The molecule has 3 aliphatic rings. The molecular formula is C22H22ClF2NO4. The highest BCUT2D eigenvalue weighted by Crippen LogP contribution is 2.63. The minimum Gasteiger partial charge on any atom is -0.489 e. The molecule has 160 valence electrons. The topological polar surface area (TPSA) is 66.8 Å². The Morgan fingerprint density at radius 2 is 1.87 bits per heavy atom. The molecule has 1 amide bonds. The first kappa shape index (κ1) is 20.9. The van der Waals surface area contributed by atoms with Crippen molar-refractivity contribution in [2.45, 2.75) is 68.9 Å². The Balaban J connectivity index is 1.52. The third-order valence-electron chi connectivity index (χ3n) is 6.64. The van der Waals surface area contributed by atoms with Crippen LogP contribution in [0.5, 0.6) is 5.75 Å². The lowest BCUT2D eigenvalue weighted by Crippen LogP contribution is -2.56. The van der Waals surface area contributed by atoms with Crippen molar-refractivity contribution >= 4 is 29.2 Å². The van der Waals surface area contributed by atoms with Crippen LogP contribution in [-0.2, 0) is 9.59 Å². The number of carbonyl (C=O) groups is 2. The summed E-state index contributed by atoms with van der Waals surface area (Å²) in [5.74, 6) is -2.01. The van der Waals surface area contributed by atoms with Crippen LogP contribution in [0, 0.1) is 17.8 Å². The Morgan fingerprint density at radius 1 is 1.23 bits per heavy atom. The number of anilines is 1. The summed E-state index contributed by atoms with van der Waals surface area (Å²) in [7, 11) is 0. The van der Waals surface area contributed by atoms with Crippen LogP contribution in [-0.4, -0.2) is 34.5 Å². The normalized spacial score (nSPS) is 23.1. The van der Waals surface area contributed by atoms with E-state index < -0.39 is 23.3 Å². The molecule has 3 fully saturated rings. The van der Waals surface area contributed by atoms with Crippen molar-refractivity contribution in [1.82, 2.24) is 0 Å². The average molecular weight is 438 g/mol. The maximum atomic E-state index is 13.2. The highest BCUT2D eigenvalue weighted by molar-refractivity contribution is 6.32. The summed E-state index contributed by atoms with van der Waals surface area (Å²) in [5.41, 5.74) is -1.42. The SMILES string of the molecule is C#CC(=O)N(c1ccc(OC2CC3(C2)CC(F)(F)C3)c(Cl)c1)C1(C(=O)O)CCCC1. The monoisotopic (exact) mass is 437 g/mol. The zero-order valence-corrected chi connectivity index (χ0v) is 17.1. The van der Waals surface area contributed by atoms with E-state index in [4.69, 9.17) is 22.8 Å². The Kier molecular flexibility index (Phi) is 4.97. The van der Waals surface area contributed by atoms with Gasteiger partial charge in [0.15, 0.2) is 0 Å². The number of rotatable bonds is 5. The molecule has 3 aliphatic carbocycles. The van der Waals surface area contributed by atoms with Crippen LogP contribution in [0.3, 0.4) is 0 Å². The minimum absolute atomic E-state index is 0.0903. The van der Waals surface area contributed by atoms with Crippen molar-refractivity contribution < 1.29 is 28.2 Å². The number of ether oxygens (including phenoxy) is 1. The van der Waals surface area contributed by atoms with E-state index in [1.807, 2.05) is 5.92 Å². The predicted molar refractivity (Wildman–Crippen MR) is 107 cm³/mol. The molecule has 1 spiro atoms. The number of hydrogen-bond acceptors (Lipinski definition) is 3. The zero-order chi connectivity index (χ0) is 21.7. The number of aliphatic carboxylic acids is 1. The van der Waals surface area contributed by atoms with Gasteiger partial charge < -0.3 is 9.84 Å². The van der Waals surface area contributed by atoms with E-state index in [1.165, 1.54) is 6.07 Å². The lowest BCUT2D eigenvalue weighted by atomic mass is 9.53. The molecule has 0 aromatic heterocycles. The van der Waals surface area contributed by atoms with Gasteiger partial charge in [-0.3, -0.25) is 9.69 Å². The fourth-order valence-electron chi connectivity index (χ4n) is 5.34. The number of hydrogen-bond donors (Lipinski definition) is 1. The van der Waals surface area contributed by atoms with Crippen LogP contribution in [0.25, 0.3) is 0 Å². The molecule has 3 saturated carbocycles. The van der Waals surface area contributed by atoms with E-state index >= 15 is 0 Å². The Morgan fingerprint density at radius 3 is 2.37 bits per heavy atom. The largest absolute Gasteiger partial charge is 0.489 e. The summed E-state index contributed by atoms with van der Waals surface area (Å²) in [6.45, 7) is 0. The number of carboxylic acid groups (broad SMARTS) is 1. The lowest BCUT2D eigenvalue weighted by Gasteiger charge is -2.56. The summed E-state index contributed by atoms with van der Waals surface area (Å²) in [6.07, 6.45) is 8.04. The van der Waals surface area contributed by atoms with Gasteiger partial charge in [-0.2, -0.15) is 0 Å². The summed E-state index contributed by atoms with van der Waals surface area (Å²) < 4.78 is 32.2. The molecule has 4 rings (SSSR count). The third-order valence-corrected chi connectivity index (χ3v) is 6.93. The van der Waals surface area contributed by atoms with Gasteiger partial charge in [-0.1, -0.05) is 24.4 Å². The molecule has 1 N–H and O–H groups in total. The van der Waals surface area contributed by atoms with Crippen molar-refractivity contribution in [2.75, 3.05) is 4.90 Å². The van der Waals surface area contributed by atoms with Gasteiger partial charge in [0.05, 0.1) is 11.1 Å². The van der Waals surface area contributed by atoms with Crippen molar-refractivity contribution in [2.24, 2.45) is 5.41 Å². The van der Waals surface area contributed by atoms with Crippen molar-refractivity contribution in [3.8, 4) is 18.1 Å². The van der Waals surface area contributed by atoms with Gasteiger partial charge in [0.2, 0.25) is 5.92 Å². The Labute approximate surface area is 178 Å². The number of alkyl halides is 2. The second-order valence-corrected chi connectivity index (χ2v) is 9.21. The molecule has 0 atom stereocenters. The Bertz CT molecular complexity index is 920. The van der Waals surface area contributed by atoms with Gasteiger partial charge in [0.1, 0.15) is 11.3 Å². The molecule has 1 aromatic rings. The van der Waals surface area contributed by atoms with Crippen LogP contribution in [0.2, 0.25) is 5.02 Å². The summed E-state index contributed by atoms with van der Waals surface area (Å²) in [5, 5.41) is 10.1. The smallest absolute Gasteiger partial charge is 0.330 e. The molecule has 0 aliphatic heterocycles. The highest BCUT2D eigenvalue weighted by atomic mass is 35.5. The number of amides is 1. The van der Waals surface area contributed by atoms with Crippen molar-refractivity contribution in [1.29, 1.82) is 0 Å². The van der Waals surface area contributed by atoms with Gasteiger partial charge in [-0.15, -0.1) is 6.42 Å². The molecule has 8 heteroatoms. The van der Waals surface area contributed by atoms with Gasteiger partial charge in [-0.05, 0) is 55.2 Å². The molecule has 5 nitrogen and oxygen atoms in total. The maximum absolute atomic E-state index is 13.2. The number of carboxylic acids is 1. The average Bonchev–Trinajstić information content (AvgIpc) is 3.11. The predicted octanol–water partition coefficient (Wildman–Crippen LogP) is 4.66. The summed E-state index contributed by atoms with van der Waals surface area (Å²) in [6, 6.07) is 4.60. The molecule has 1 aromatic carbocycles. The van der Waals surface area contributed by atoms with Crippen molar-refractivity contribution in [3.63, 3.8) is 0 Å². The molecule has 30 heavy (non-hydrogen) atoms. The maximum Gasteiger partial charge on any atom is 0.330 e. The number of terminal acetylenes is 1. The molecule has 0 unspecified atom stereocenters. The summed E-state index contributed by atoms with van der Waals surface area (Å²) in [4.78, 5) is 25.7. The first-order valence-electron chi connectivity index (χ1n) is 9.98. The quantitative estimate of drug-likeness (QED) is 0.680. The van der Waals surface area contributed by atoms with Gasteiger partial charge in [-0.25, -0.2) is 13.6 Å². The van der Waals surface area contributed by atoms with Gasteiger partial charge in [0, 0.05) is 18.5 Å². The van der Waals surface area contributed by atoms with Crippen LogP contribution in [0.4, 0.5) is 14.5 Å². The van der Waals surface area contributed by atoms with Crippen LogP contribution in [0.1, 0.15) is 51.4 Å². The van der Waals surface area contributed by atoms with E-state index in [0.29, 0.717) is 50.0 Å². The second-order valence-electron chi connectivity index (χ2n) is 8.80. The van der Waals surface area contributed by atoms with Gasteiger partial charge in [0.25, 0.3) is 0 Å². The standard InChI is InChI=1S/C22H22ClF2NO4/c1-2-18(27)26(21(19(28)29)7-3-4-8-21)14-5-6-17(16(23)9-14)30-15-10-20(11-15)12-22(24,25)13-20/h1,5-6,9,15H,3-4,7-8,10-13H2,(H,28,29). The van der Waals surface area contributed by atoms with Gasteiger partial charge >= 0.3 is 11.9 Å². The van der Waals surface area contributed by atoms with E-state index in [1.54, 1.807) is 12.1 Å². The number of halogens is 3. The molecule has 0 heterocycles. The van der Waals surface area contributed by atoms with E-state index in [0.717, 1.165) is 4.90 Å². The van der Waals surface area contributed by atoms with Crippen molar-refractivity contribution in [3.05, 3.63) is 23.2 Å². The highest BCUT2D eigenvalue weighted by Gasteiger charge is 2.62. The summed E-state index contributed by atoms with van der Waals surface area (Å²) >= 11 is 6.36. The van der Waals surface area contributed by atoms with E-state index in [9.17, 15) is 23.5 Å². The fourth-order valence-corrected chi connectivity index (χ4v) is 5.56. The molecule has 0 radical (unpaired) electrons. The molecular weight excluding hydrogens is 416 g/mol. The third kappa shape index (κ3) is 3.41. The first-order chi connectivity index (χ1) is 14.1. The molecule has 0 saturated heterocycles. The van der Waals surface area contributed by atoms with Crippen LogP contribution < -0.4 is 9.64 Å². The Hall–Kier alpha value is -2.33. The minimum atomic E-state index is -2.56. The first-order valence-corrected chi connectivity index (χ1v) is 10.4.